The molecule has 136 valence electrons. The first-order valence-corrected chi connectivity index (χ1v) is 9.41. The van der Waals surface area contributed by atoms with Crippen LogP contribution in [0.3, 0.4) is 0 Å². The van der Waals surface area contributed by atoms with E-state index in [2.05, 4.69) is 47.6 Å². The average Bonchev–Trinajstić information content (AvgIpc) is 3.14. The van der Waals surface area contributed by atoms with E-state index in [0.717, 1.165) is 41.8 Å². The van der Waals surface area contributed by atoms with Gasteiger partial charge in [0, 0.05) is 6.54 Å². The second-order valence-corrected chi connectivity index (χ2v) is 7.26. The summed E-state index contributed by atoms with van der Waals surface area (Å²) in [5.41, 5.74) is 2.45. The number of ether oxygens (including phenoxy) is 2. The SMILES string of the molecule is C[NH+]1CCN(C(=S)NCc2ccc3c(c2)OCO3)[C@H](c2ccccc2)C1. The van der Waals surface area contributed by atoms with Gasteiger partial charge in [-0.25, -0.2) is 0 Å². The van der Waals surface area contributed by atoms with E-state index < -0.39 is 0 Å². The maximum absolute atomic E-state index is 5.74. The van der Waals surface area contributed by atoms with Gasteiger partial charge in [-0.2, -0.15) is 0 Å². The normalized spacial score (nSPS) is 21.5. The molecule has 2 aliphatic rings. The molecule has 1 unspecified atom stereocenters. The van der Waals surface area contributed by atoms with E-state index in [4.69, 9.17) is 21.7 Å². The number of nitrogens with one attached hydrogen (secondary N) is 2. The van der Waals surface area contributed by atoms with Crippen LogP contribution in [0.2, 0.25) is 0 Å². The predicted octanol–water partition coefficient (Wildman–Crippen LogP) is 1.36. The molecule has 0 bridgehead atoms. The lowest BCUT2D eigenvalue weighted by atomic mass is 10.0. The van der Waals surface area contributed by atoms with Gasteiger partial charge in [0.05, 0.1) is 20.1 Å². The van der Waals surface area contributed by atoms with Gasteiger partial charge >= 0.3 is 0 Å². The van der Waals surface area contributed by atoms with Crippen LogP contribution in [-0.4, -0.2) is 43.5 Å². The fourth-order valence-electron chi connectivity index (χ4n) is 3.56. The van der Waals surface area contributed by atoms with E-state index in [1.54, 1.807) is 0 Å². The van der Waals surface area contributed by atoms with Crippen molar-refractivity contribution in [3.63, 3.8) is 0 Å². The van der Waals surface area contributed by atoms with Gasteiger partial charge in [-0.05, 0) is 35.5 Å². The number of rotatable bonds is 3. The molecule has 4 rings (SSSR count). The Kier molecular flexibility index (Phi) is 4.95. The summed E-state index contributed by atoms with van der Waals surface area (Å²) in [5, 5.41) is 4.24. The van der Waals surface area contributed by atoms with E-state index >= 15 is 0 Å². The molecule has 2 aliphatic heterocycles. The molecule has 1 saturated heterocycles. The van der Waals surface area contributed by atoms with Gasteiger partial charge in [0.1, 0.15) is 12.6 Å². The molecule has 2 atom stereocenters. The van der Waals surface area contributed by atoms with Crippen LogP contribution in [-0.2, 0) is 6.54 Å². The van der Waals surface area contributed by atoms with Crippen molar-refractivity contribution in [2.75, 3.05) is 33.5 Å². The minimum absolute atomic E-state index is 0.299. The first kappa shape index (κ1) is 17.1. The largest absolute Gasteiger partial charge is 0.454 e. The van der Waals surface area contributed by atoms with Crippen molar-refractivity contribution < 1.29 is 14.4 Å². The van der Waals surface area contributed by atoms with Crippen LogP contribution in [0.25, 0.3) is 0 Å². The molecule has 2 aromatic rings. The van der Waals surface area contributed by atoms with Crippen molar-refractivity contribution >= 4 is 17.3 Å². The molecular formula is C20H24N3O2S+. The molecule has 0 saturated carbocycles. The summed E-state index contributed by atoms with van der Waals surface area (Å²) in [4.78, 5) is 3.86. The summed E-state index contributed by atoms with van der Waals surface area (Å²) in [6.07, 6.45) is 0. The lowest BCUT2D eigenvalue weighted by molar-refractivity contribution is -0.887. The van der Waals surface area contributed by atoms with Crippen LogP contribution in [0.5, 0.6) is 11.5 Å². The standard InChI is InChI=1S/C20H23N3O2S/c1-22-9-10-23(17(13-22)16-5-3-2-4-6-16)20(26)21-12-15-7-8-18-19(11-15)25-14-24-18/h2-8,11,17H,9-10,12-14H2,1H3,(H,21,26)/p+1/t17-/m0/s1. The highest BCUT2D eigenvalue weighted by Crippen LogP contribution is 2.32. The van der Waals surface area contributed by atoms with E-state index in [-0.39, 0.29) is 0 Å². The Balaban J connectivity index is 1.44. The van der Waals surface area contributed by atoms with Crippen LogP contribution in [0.1, 0.15) is 17.2 Å². The lowest BCUT2D eigenvalue weighted by Crippen LogP contribution is -3.12. The maximum Gasteiger partial charge on any atom is 0.231 e. The number of fused-ring (bicyclic) bond motifs is 1. The Labute approximate surface area is 159 Å². The van der Waals surface area contributed by atoms with E-state index in [1.807, 2.05) is 18.2 Å². The first-order chi connectivity index (χ1) is 12.7. The molecule has 0 aromatic heterocycles. The van der Waals surface area contributed by atoms with Crippen molar-refractivity contribution in [1.29, 1.82) is 0 Å². The van der Waals surface area contributed by atoms with Crippen LogP contribution in [0.4, 0.5) is 0 Å². The summed E-state index contributed by atoms with van der Waals surface area (Å²) in [6, 6.07) is 17.0. The van der Waals surface area contributed by atoms with Gasteiger partial charge in [0.2, 0.25) is 6.79 Å². The minimum atomic E-state index is 0.299. The molecule has 0 aliphatic carbocycles. The highest BCUT2D eigenvalue weighted by atomic mass is 32.1. The number of hydrogen-bond acceptors (Lipinski definition) is 3. The number of likely N-dealkylation sites (N-methyl/N-ethyl adjacent to an activating group) is 1. The molecule has 1 fully saturated rings. The maximum atomic E-state index is 5.74. The van der Waals surface area contributed by atoms with Crippen molar-refractivity contribution in [2.45, 2.75) is 12.6 Å². The third-order valence-electron chi connectivity index (χ3n) is 5.02. The molecule has 5 nitrogen and oxygen atoms in total. The summed E-state index contributed by atoms with van der Waals surface area (Å²) in [6.45, 7) is 4.08. The van der Waals surface area contributed by atoms with Crippen molar-refractivity contribution in [2.24, 2.45) is 0 Å². The number of quaternary nitrogens is 1. The van der Waals surface area contributed by atoms with Crippen molar-refractivity contribution in [1.82, 2.24) is 10.2 Å². The van der Waals surface area contributed by atoms with E-state index in [0.29, 0.717) is 19.4 Å². The fraction of sp³-hybridized carbons (Fsp3) is 0.350. The molecule has 0 amide bonds. The highest BCUT2D eigenvalue weighted by Gasteiger charge is 2.30. The van der Waals surface area contributed by atoms with Gasteiger partial charge in [-0.3, -0.25) is 0 Å². The fourth-order valence-corrected chi connectivity index (χ4v) is 3.85. The molecule has 0 radical (unpaired) electrons. The van der Waals surface area contributed by atoms with E-state index in [9.17, 15) is 0 Å². The molecule has 6 heteroatoms. The molecular weight excluding hydrogens is 346 g/mol. The third kappa shape index (κ3) is 3.61. The Morgan fingerprint density at radius 1 is 1.19 bits per heavy atom. The van der Waals surface area contributed by atoms with Gasteiger partial charge in [0.25, 0.3) is 0 Å². The number of hydrogen-bond donors (Lipinski definition) is 2. The van der Waals surface area contributed by atoms with Gasteiger partial charge in [-0.15, -0.1) is 0 Å². The molecule has 2 N–H and O–H groups in total. The van der Waals surface area contributed by atoms with Crippen LogP contribution < -0.4 is 19.7 Å². The zero-order valence-corrected chi connectivity index (χ0v) is 15.7. The molecule has 26 heavy (non-hydrogen) atoms. The zero-order chi connectivity index (χ0) is 17.9. The summed E-state index contributed by atoms with van der Waals surface area (Å²) in [5.74, 6) is 1.61. The van der Waals surface area contributed by atoms with Crippen LogP contribution >= 0.6 is 12.2 Å². The van der Waals surface area contributed by atoms with E-state index in [1.165, 1.54) is 10.5 Å². The van der Waals surface area contributed by atoms with Gasteiger partial charge in [0.15, 0.2) is 16.6 Å². The van der Waals surface area contributed by atoms with Crippen molar-refractivity contribution in [3.8, 4) is 11.5 Å². The number of benzene rings is 2. The number of nitrogens with zero attached hydrogens (tertiary/aromatic N) is 1. The summed E-state index contributed by atoms with van der Waals surface area (Å²) >= 11 is 5.74. The Morgan fingerprint density at radius 3 is 2.85 bits per heavy atom. The monoisotopic (exact) mass is 370 g/mol. The Hall–Kier alpha value is -2.31. The molecule has 0 spiro atoms. The smallest absolute Gasteiger partial charge is 0.231 e. The van der Waals surface area contributed by atoms with Gasteiger partial charge < -0.3 is 24.6 Å². The summed E-state index contributed by atoms with van der Waals surface area (Å²) < 4.78 is 10.8. The minimum Gasteiger partial charge on any atom is -0.454 e. The number of thiocarbonyl (C=S) groups is 1. The number of piperazine rings is 1. The Morgan fingerprint density at radius 2 is 2.00 bits per heavy atom. The highest BCUT2D eigenvalue weighted by molar-refractivity contribution is 7.80. The topological polar surface area (TPSA) is 38.2 Å². The first-order valence-electron chi connectivity index (χ1n) is 9.00. The molecule has 2 heterocycles. The second-order valence-electron chi connectivity index (χ2n) is 6.88. The quantitative estimate of drug-likeness (QED) is 0.799. The molecule has 2 aromatic carbocycles. The predicted molar refractivity (Wildman–Crippen MR) is 105 cm³/mol. The lowest BCUT2D eigenvalue weighted by Gasteiger charge is -2.39. The second kappa shape index (κ2) is 7.51. The van der Waals surface area contributed by atoms with Crippen molar-refractivity contribution in [3.05, 3.63) is 59.7 Å². The summed E-state index contributed by atoms with van der Waals surface area (Å²) in [7, 11) is 2.25. The average molecular weight is 370 g/mol. The van der Waals surface area contributed by atoms with Crippen LogP contribution in [0, 0.1) is 0 Å². The third-order valence-corrected chi connectivity index (χ3v) is 5.40. The Bertz CT molecular complexity index is 784. The van der Waals surface area contributed by atoms with Crippen LogP contribution in [0.15, 0.2) is 48.5 Å². The van der Waals surface area contributed by atoms with Gasteiger partial charge in [-0.1, -0.05) is 36.4 Å². The zero-order valence-electron chi connectivity index (χ0n) is 14.9.